The molecule has 0 saturated heterocycles. The summed E-state index contributed by atoms with van der Waals surface area (Å²) in [5.74, 6) is -0.713. The lowest BCUT2D eigenvalue weighted by atomic mass is 9.92. The van der Waals surface area contributed by atoms with Gasteiger partial charge in [-0.05, 0) is 43.4 Å². The van der Waals surface area contributed by atoms with Gasteiger partial charge in [0.15, 0.2) is 0 Å². The lowest BCUT2D eigenvalue weighted by Crippen LogP contribution is -2.16. The molecule has 0 fully saturated rings. The molecule has 1 atom stereocenters. The normalized spacial score (nSPS) is 12.2. The van der Waals surface area contributed by atoms with Crippen LogP contribution in [0.2, 0.25) is 0 Å². The molecule has 0 heterocycles. The third-order valence-corrected chi connectivity index (χ3v) is 6.04. The Bertz CT molecular complexity index is 556. The number of rotatable bonds is 17. The molecule has 0 aromatic heterocycles. The first kappa shape index (κ1) is 25.5. The van der Waals surface area contributed by atoms with Crippen molar-refractivity contribution in [1.82, 2.24) is 0 Å². The van der Waals surface area contributed by atoms with Gasteiger partial charge in [-0.25, -0.2) is 0 Å². The number of hydrogen-bond donors (Lipinski definition) is 2. The van der Waals surface area contributed by atoms with Crippen molar-refractivity contribution in [1.29, 1.82) is 0 Å². The average Bonchev–Trinajstić information content (AvgIpc) is 2.68. The number of carboxylic acids is 1. The number of aryl methyl sites for hydroxylation is 2. The van der Waals surface area contributed by atoms with Crippen molar-refractivity contribution >= 4 is 5.97 Å². The van der Waals surface area contributed by atoms with Crippen molar-refractivity contribution in [3.05, 3.63) is 28.8 Å². The Morgan fingerprint density at radius 1 is 0.793 bits per heavy atom. The third-order valence-electron chi connectivity index (χ3n) is 6.04. The second-order valence-corrected chi connectivity index (χ2v) is 8.85. The topological polar surface area (TPSA) is 57.5 Å². The number of carboxylic acid groups (broad SMARTS) is 1. The van der Waals surface area contributed by atoms with E-state index in [9.17, 15) is 15.0 Å². The Balaban J connectivity index is 2.13. The van der Waals surface area contributed by atoms with E-state index in [1.165, 1.54) is 70.6 Å². The van der Waals surface area contributed by atoms with E-state index in [1.807, 2.05) is 26.0 Å². The molecule has 166 valence electrons. The van der Waals surface area contributed by atoms with Crippen LogP contribution >= 0.6 is 0 Å². The highest BCUT2D eigenvalue weighted by Crippen LogP contribution is 2.26. The molecule has 0 bridgehead atoms. The van der Waals surface area contributed by atoms with Gasteiger partial charge in [0, 0.05) is 0 Å². The first-order valence-electron chi connectivity index (χ1n) is 12.0. The summed E-state index contributed by atoms with van der Waals surface area (Å²) in [4.78, 5) is 11.6. The molecule has 0 aliphatic rings. The van der Waals surface area contributed by atoms with E-state index in [-0.39, 0.29) is 5.92 Å². The van der Waals surface area contributed by atoms with Gasteiger partial charge in [-0.1, -0.05) is 103 Å². The van der Waals surface area contributed by atoms with Gasteiger partial charge in [-0.2, -0.15) is 0 Å². The highest BCUT2D eigenvalue weighted by Gasteiger charge is 2.18. The van der Waals surface area contributed by atoms with Gasteiger partial charge in [0.25, 0.3) is 0 Å². The van der Waals surface area contributed by atoms with E-state index in [0.717, 1.165) is 36.0 Å². The monoisotopic (exact) mass is 404 g/mol. The summed E-state index contributed by atoms with van der Waals surface area (Å²) < 4.78 is 0. The quantitative estimate of drug-likeness (QED) is 0.261. The predicted octanol–water partition coefficient (Wildman–Crippen LogP) is 7.73. The molecular formula is C26H44O3. The van der Waals surface area contributed by atoms with Crippen LogP contribution in [0.4, 0.5) is 0 Å². The van der Waals surface area contributed by atoms with E-state index in [0.29, 0.717) is 12.2 Å². The lowest BCUT2D eigenvalue weighted by molar-refractivity contribution is -0.142. The molecule has 3 heteroatoms. The summed E-state index contributed by atoms with van der Waals surface area (Å²) >= 11 is 0. The number of phenolic OH excluding ortho intramolecular Hbond substituents is 1. The molecule has 0 aliphatic heterocycles. The Morgan fingerprint density at radius 2 is 1.21 bits per heavy atom. The second kappa shape index (κ2) is 15.3. The molecule has 0 amide bonds. The van der Waals surface area contributed by atoms with Crippen molar-refractivity contribution in [2.75, 3.05) is 0 Å². The molecule has 0 aliphatic carbocycles. The van der Waals surface area contributed by atoms with Gasteiger partial charge < -0.3 is 10.2 Å². The van der Waals surface area contributed by atoms with Crippen molar-refractivity contribution in [2.45, 2.75) is 117 Å². The minimum Gasteiger partial charge on any atom is -0.507 e. The first-order valence-corrected chi connectivity index (χ1v) is 12.0. The van der Waals surface area contributed by atoms with Crippen LogP contribution in [0.25, 0.3) is 0 Å². The molecule has 2 N–H and O–H groups in total. The van der Waals surface area contributed by atoms with Gasteiger partial charge >= 0.3 is 5.97 Å². The molecule has 1 rings (SSSR count). The fourth-order valence-corrected chi connectivity index (χ4v) is 4.17. The second-order valence-electron chi connectivity index (χ2n) is 8.85. The summed E-state index contributed by atoms with van der Waals surface area (Å²) in [6.45, 7) is 6.00. The van der Waals surface area contributed by atoms with Crippen LogP contribution in [0.3, 0.4) is 0 Å². The maximum absolute atomic E-state index is 11.6. The van der Waals surface area contributed by atoms with Crippen LogP contribution in [0.1, 0.15) is 114 Å². The van der Waals surface area contributed by atoms with Gasteiger partial charge in [0.2, 0.25) is 0 Å². The van der Waals surface area contributed by atoms with Crippen LogP contribution in [-0.2, 0) is 11.2 Å². The van der Waals surface area contributed by atoms with Gasteiger partial charge in [0.1, 0.15) is 5.75 Å². The van der Waals surface area contributed by atoms with Crippen LogP contribution in [-0.4, -0.2) is 16.2 Å². The maximum Gasteiger partial charge on any atom is 0.306 e. The lowest BCUT2D eigenvalue weighted by Gasteiger charge is -2.14. The molecule has 0 saturated carbocycles. The number of benzene rings is 1. The van der Waals surface area contributed by atoms with Crippen LogP contribution < -0.4 is 0 Å². The summed E-state index contributed by atoms with van der Waals surface area (Å²) in [6.07, 6.45) is 18.3. The molecule has 29 heavy (non-hydrogen) atoms. The minimum atomic E-state index is -0.702. The number of phenols is 1. The Kier molecular flexibility index (Phi) is 13.5. The molecule has 1 aromatic carbocycles. The van der Waals surface area contributed by atoms with Crippen LogP contribution in [0.5, 0.6) is 5.75 Å². The summed E-state index contributed by atoms with van der Waals surface area (Å²) in [5, 5.41) is 19.5. The number of unbranched alkanes of at least 4 members (excludes halogenated alkanes) is 12. The average molecular weight is 405 g/mol. The fourth-order valence-electron chi connectivity index (χ4n) is 4.17. The van der Waals surface area contributed by atoms with Crippen molar-refractivity contribution in [3.8, 4) is 5.75 Å². The third kappa shape index (κ3) is 11.3. The van der Waals surface area contributed by atoms with Crippen LogP contribution in [0, 0.1) is 19.8 Å². The number of carbonyl (C=O) groups is 1. The van der Waals surface area contributed by atoms with Gasteiger partial charge in [-0.15, -0.1) is 0 Å². The van der Waals surface area contributed by atoms with E-state index in [1.54, 1.807) is 0 Å². The Morgan fingerprint density at radius 3 is 1.62 bits per heavy atom. The zero-order chi connectivity index (χ0) is 21.5. The highest BCUT2D eigenvalue weighted by atomic mass is 16.4. The molecule has 0 radical (unpaired) electrons. The largest absolute Gasteiger partial charge is 0.507 e. The zero-order valence-electron chi connectivity index (χ0n) is 19.1. The van der Waals surface area contributed by atoms with Gasteiger partial charge in [0.05, 0.1) is 5.92 Å². The van der Waals surface area contributed by atoms with Crippen molar-refractivity contribution in [2.24, 2.45) is 5.92 Å². The van der Waals surface area contributed by atoms with Crippen molar-refractivity contribution in [3.63, 3.8) is 0 Å². The molecule has 3 nitrogen and oxygen atoms in total. The van der Waals surface area contributed by atoms with E-state index in [4.69, 9.17) is 0 Å². The Labute approximate surface area is 178 Å². The standard InChI is InChI=1S/C26H44O3/c1-4-5-6-7-8-9-10-11-12-13-14-15-16-17-24(26(28)29)20-23-18-21(2)25(27)22(3)19-23/h18-19,24,27H,4-17,20H2,1-3H3,(H,28,29). The predicted molar refractivity (Wildman–Crippen MR) is 123 cm³/mol. The number of aromatic hydroxyl groups is 1. The Hall–Kier alpha value is -1.51. The van der Waals surface area contributed by atoms with E-state index < -0.39 is 5.97 Å². The smallest absolute Gasteiger partial charge is 0.306 e. The fraction of sp³-hybridized carbons (Fsp3) is 0.731. The molecule has 0 spiro atoms. The molecular weight excluding hydrogens is 360 g/mol. The minimum absolute atomic E-state index is 0.317. The van der Waals surface area contributed by atoms with Gasteiger partial charge in [-0.3, -0.25) is 4.79 Å². The molecule has 1 aromatic rings. The first-order chi connectivity index (χ1) is 14.0. The summed E-state index contributed by atoms with van der Waals surface area (Å²) in [5.41, 5.74) is 2.66. The number of aliphatic carboxylic acids is 1. The highest BCUT2D eigenvalue weighted by molar-refractivity contribution is 5.70. The van der Waals surface area contributed by atoms with Crippen LogP contribution in [0.15, 0.2) is 12.1 Å². The number of hydrogen-bond acceptors (Lipinski definition) is 2. The van der Waals surface area contributed by atoms with Crippen molar-refractivity contribution < 1.29 is 15.0 Å². The zero-order valence-corrected chi connectivity index (χ0v) is 19.1. The maximum atomic E-state index is 11.6. The molecule has 1 unspecified atom stereocenters. The SMILES string of the molecule is CCCCCCCCCCCCCCCC(Cc1cc(C)c(O)c(C)c1)C(=O)O. The summed E-state index contributed by atoms with van der Waals surface area (Å²) in [7, 11) is 0. The van der Waals surface area contributed by atoms with E-state index >= 15 is 0 Å². The van der Waals surface area contributed by atoms with E-state index in [2.05, 4.69) is 6.92 Å². The summed E-state index contributed by atoms with van der Waals surface area (Å²) in [6, 6.07) is 3.84.